The highest BCUT2D eigenvalue weighted by Gasteiger charge is 2.21. The molecule has 0 atom stereocenters. The van der Waals surface area contributed by atoms with E-state index in [1.807, 2.05) is 20.8 Å². The Hall–Kier alpha value is -1.10. The van der Waals surface area contributed by atoms with Gasteiger partial charge in [0, 0.05) is 0 Å². The Kier molecular flexibility index (Phi) is 2.80. The SMILES string of the molecule is Cc1nc(N)sc1C(=O)OC(C)(C)C. The molecule has 0 aliphatic carbocycles. The van der Waals surface area contributed by atoms with Crippen LogP contribution in [0.4, 0.5) is 5.13 Å². The van der Waals surface area contributed by atoms with Crippen LogP contribution in [0.5, 0.6) is 0 Å². The molecule has 1 aromatic rings. The topological polar surface area (TPSA) is 65.2 Å². The molecule has 0 saturated carbocycles. The van der Waals surface area contributed by atoms with E-state index in [9.17, 15) is 4.79 Å². The minimum Gasteiger partial charge on any atom is -0.456 e. The smallest absolute Gasteiger partial charge is 0.350 e. The second kappa shape index (κ2) is 3.57. The zero-order chi connectivity index (χ0) is 10.9. The van der Waals surface area contributed by atoms with E-state index < -0.39 is 5.60 Å². The van der Waals surface area contributed by atoms with Gasteiger partial charge < -0.3 is 10.5 Å². The van der Waals surface area contributed by atoms with Gasteiger partial charge in [-0.3, -0.25) is 0 Å². The molecule has 0 aliphatic heterocycles. The monoisotopic (exact) mass is 214 g/mol. The summed E-state index contributed by atoms with van der Waals surface area (Å²) in [7, 11) is 0. The van der Waals surface area contributed by atoms with E-state index >= 15 is 0 Å². The van der Waals surface area contributed by atoms with Crippen molar-refractivity contribution in [3.05, 3.63) is 10.6 Å². The molecule has 0 spiro atoms. The Morgan fingerprint density at radius 1 is 1.50 bits per heavy atom. The number of carbonyl (C=O) groups is 1. The summed E-state index contributed by atoms with van der Waals surface area (Å²) < 4.78 is 5.19. The molecule has 1 aromatic heterocycles. The number of thiazole rings is 1. The number of nitrogens with two attached hydrogens (primary N) is 1. The van der Waals surface area contributed by atoms with Gasteiger partial charge in [0.25, 0.3) is 0 Å². The molecule has 78 valence electrons. The van der Waals surface area contributed by atoms with E-state index in [1.165, 1.54) is 0 Å². The summed E-state index contributed by atoms with van der Waals surface area (Å²) in [5.41, 5.74) is 5.62. The molecule has 4 nitrogen and oxygen atoms in total. The van der Waals surface area contributed by atoms with Gasteiger partial charge >= 0.3 is 5.97 Å². The van der Waals surface area contributed by atoms with Crippen molar-refractivity contribution in [3.63, 3.8) is 0 Å². The van der Waals surface area contributed by atoms with Gasteiger partial charge in [-0.25, -0.2) is 9.78 Å². The minimum atomic E-state index is -0.484. The summed E-state index contributed by atoms with van der Waals surface area (Å²) in [6.45, 7) is 7.21. The van der Waals surface area contributed by atoms with Crippen LogP contribution in [0.1, 0.15) is 36.1 Å². The molecule has 1 rings (SSSR count). The van der Waals surface area contributed by atoms with Gasteiger partial charge in [-0.1, -0.05) is 11.3 Å². The molecule has 0 amide bonds. The number of esters is 1. The van der Waals surface area contributed by atoms with Crippen LogP contribution in [-0.2, 0) is 4.74 Å². The zero-order valence-corrected chi connectivity index (χ0v) is 9.57. The van der Waals surface area contributed by atoms with Crippen molar-refractivity contribution in [2.75, 3.05) is 5.73 Å². The summed E-state index contributed by atoms with van der Waals surface area (Å²) in [6.07, 6.45) is 0. The number of hydrogen-bond donors (Lipinski definition) is 1. The van der Waals surface area contributed by atoms with Crippen LogP contribution in [-0.4, -0.2) is 16.6 Å². The molecule has 0 aliphatic rings. The lowest BCUT2D eigenvalue weighted by Gasteiger charge is -2.18. The number of nitrogen functional groups attached to an aromatic ring is 1. The van der Waals surface area contributed by atoms with Crippen molar-refractivity contribution in [3.8, 4) is 0 Å². The summed E-state index contributed by atoms with van der Waals surface area (Å²) in [5, 5.41) is 0.392. The van der Waals surface area contributed by atoms with Gasteiger partial charge in [0.15, 0.2) is 5.13 Å². The zero-order valence-electron chi connectivity index (χ0n) is 8.75. The first-order chi connectivity index (χ1) is 6.29. The molecule has 1 heterocycles. The summed E-state index contributed by atoms with van der Waals surface area (Å²) in [5.74, 6) is -0.357. The third-order valence-corrected chi connectivity index (χ3v) is 2.36. The van der Waals surface area contributed by atoms with Crippen LogP contribution in [0.3, 0.4) is 0 Å². The first kappa shape index (κ1) is 11.0. The van der Waals surface area contributed by atoms with Crippen molar-refractivity contribution in [1.82, 2.24) is 4.98 Å². The number of anilines is 1. The minimum absolute atomic E-state index is 0.357. The number of aromatic nitrogens is 1. The molecular formula is C9H14N2O2S. The van der Waals surface area contributed by atoms with Crippen LogP contribution < -0.4 is 5.73 Å². The van der Waals surface area contributed by atoms with Crippen molar-refractivity contribution >= 4 is 22.4 Å². The van der Waals surface area contributed by atoms with Crippen molar-refractivity contribution in [2.45, 2.75) is 33.3 Å². The molecule has 0 saturated heterocycles. The van der Waals surface area contributed by atoms with E-state index in [0.717, 1.165) is 11.3 Å². The highest BCUT2D eigenvalue weighted by atomic mass is 32.1. The lowest BCUT2D eigenvalue weighted by molar-refractivity contribution is 0.00742. The maximum absolute atomic E-state index is 11.6. The number of rotatable bonds is 1. The van der Waals surface area contributed by atoms with Gasteiger partial charge in [0.1, 0.15) is 10.5 Å². The predicted octanol–water partition coefficient (Wildman–Crippen LogP) is 1.99. The summed E-state index contributed by atoms with van der Waals surface area (Å²) in [6, 6.07) is 0. The standard InChI is InChI=1S/C9H14N2O2S/c1-5-6(14-8(10)11-5)7(12)13-9(2,3)4/h1-4H3,(H2,10,11). The number of hydrogen-bond acceptors (Lipinski definition) is 5. The van der Waals surface area contributed by atoms with Gasteiger partial charge in [0.2, 0.25) is 0 Å². The van der Waals surface area contributed by atoms with Crippen molar-refractivity contribution < 1.29 is 9.53 Å². The number of carbonyl (C=O) groups excluding carboxylic acids is 1. The van der Waals surface area contributed by atoms with Crippen LogP contribution in [0.15, 0.2) is 0 Å². The highest BCUT2D eigenvalue weighted by molar-refractivity contribution is 7.17. The Labute approximate surface area is 87.1 Å². The quantitative estimate of drug-likeness (QED) is 0.726. The Morgan fingerprint density at radius 3 is 2.43 bits per heavy atom. The Morgan fingerprint density at radius 2 is 2.07 bits per heavy atom. The number of ether oxygens (including phenoxy) is 1. The second-order valence-electron chi connectivity index (χ2n) is 3.97. The largest absolute Gasteiger partial charge is 0.456 e. The molecule has 5 heteroatoms. The lowest BCUT2D eigenvalue weighted by Crippen LogP contribution is -2.23. The molecule has 2 N–H and O–H groups in total. The second-order valence-corrected chi connectivity index (χ2v) is 5.00. The van der Waals surface area contributed by atoms with E-state index in [-0.39, 0.29) is 5.97 Å². The van der Waals surface area contributed by atoms with E-state index in [0.29, 0.717) is 15.7 Å². The molecule has 0 unspecified atom stereocenters. The van der Waals surface area contributed by atoms with Gasteiger partial charge in [-0.15, -0.1) is 0 Å². The summed E-state index contributed by atoms with van der Waals surface area (Å²) >= 11 is 1.16. The number of aryl methyl sites for hydroxylation is 1. The molecular weight excluding hydrogens is 200 g/mol. The van der Waals surface area contributed by atoms with Crippen molar-refractivity contribution in [2.24, 2.45) is 0 Å². The molecule has 0 bridgehead atoms. The fourth-order valence-electron chi connectivity index (χ4n) is 0.931. The first-order valence-electron chi connectivity index (χ1n) is 4.26. The van der Waals surface area contributed by atoms with Crippen LogP contribution in [0, 0.1) is 6.92 Å². The Bertz CT molecular complexity index is 352. The van der Waals surface area contributed by atoms with E-state index in [2.05, 4.69) is 4.98 Å². The Balaban J connectivity index is 2.85. The highest BCUT2D eigenvalue weighted by Crippen LogP contribution is 2.22. The van der Waals surface area contributed by atoms with Gasteiger partial charge in [-0.2, -0.15) is 0 Å². The average Bonchev–Trinajstić information content (AvgIpc) is 2.26. The third-order valence-electron chi connectivity index (χ3n) is 1.40. The molecule has 0 radical (unpaired) electrons. The first-order valence-corrected chi connectivity index (χ1v) is 5.07. The maximum atomic E-state index is 11.6. The summed E-state index contributed by atoms with van der Waals surface area (Å²) in [4.78, 5) is 16.0. The maximum Gasteiger partial charge on any atom is 0.350 e. The van der Waals surface area contributed by atoms with Gasteiger partial charge in [0.05, 0.1) is 5.69 Å². The fourth-order valence-corrected chi connectivity index (χ4v) is 1.64. The molecule has 0 aromatic carbocycles. The molecule has 14 heavy (non-hydrogen) atoms. The van der Waals surface area contributed by atoms with Crippen LogP contribution >= 0.6 is 11.3 Å². The van der Waals surface area contributed by atoms with E-state index in [1.54, 1.807) is 6.92 Å². The third kappa shape index (κ3) is 2.70. The fraction of sp³-hybridized carbons (Fsp3) is 0.556. The molecule has 0 fully saturated rings. The predicted molar refractivity (Wildman–Crippen MR) is 56.4 cm³/mol. The van der Waals surface area contributed by atoms with Crippen LogP contribution in [0.2, 0.25) is 0 Å². The van der Waals surface area contributed by atoms with Crippen LogP contribution in [0.25, 0.3) is 0 Å². The number of nitrogens with zero attached hydrogens (tertiary/aromatic N) is 1. The van der Waals surface area contributed by atoms with Gasteiger partial charge in [-0.05, 0) is 27.7 Å². The van der Waals surface area contributed by atoms with E-state index in [4.69, 9.17) is 10.5 Å². The normalized spacial score (nSPS) is 11.4. The average molecular weight is 214 g/mol. The lowest BCUT2D eigenvalue weighted by atomic mass is 10.2. The van der Waals surface area contributed by atoms with Crippen molar-refractivity contribution in [1.29, 1.82) is 0 Å².